The largest absolute Gasteiger partial charge is 0.455 e. The summed E-state index contributed by atoms with van der Waals surface area (Å²) < 4.78 is 7.93. The van der Waals surface area contributed by atoms with Crippen LogP contribution in [-0.4, -0.2) is 50.1 Å². The minimum absolute atomic E-state index is 0.0677. The maximum absolute atomic E-state index is 13.4. The number of benzene rings is 1. The van der Waals surface area contributed by atoms with Crippen molar-refractivity contribution in [2.45, 2.75) is 45.8 Å². The van der Waals surface area contributed by atoms with E-state index in [1.54, 1.807) is 0 Å². The van der Waals surface area contributed by atoms with E-state index in [-0.39, 0.29) is 17.9 Å². The zero-order valence-corrected chi connectivity index (χ0v) is 18.2. The number of rotatable bonds is 5. The molecule has 2 aliphatic heterocycles. The zero-order valence-electron chi connectivity index (χ0n) is 18.2. The fraction of sp³-hybridized carbons (Fsp3) is 0.458. The lowest BCUT2D eigenvalue weighted by molar-refractivity contribution is 0.0502. The average Bonchev–Trinajstić information content (AvgIpc) is 3.54. The highest BCUT2D eigenvalue weighted by Gasteiger charge is 2.37. The highest BCUT2D eigenvalue weighted by molar-refractivity contribution is 5.92. The molecule has 31 heavy (non-hydrogen) atoms. The third-order valence-electron chi connectivity index (χ3n) is 6.23. The van der Waals surface area contributed by atoms with Gasteiger partial charge >= 0.3 is 0 Å². The van der Waals surface area contributed by atoms with Crippen LogP contribution in [0.2, 0.25) is 0 Å². The van der Waals surface area contributed by atoms with E-state index in [1.165, 1.54) is 12.8 Å². The number of hydrogen-bond donors (Lipinski definition) is 0. The summed E-state index contributed by atoms with van der Waals surface area (Å²) in [7, 11) is 0. The van der Waals surface area contributed by atoms with Gasteiger partial charge in [-0.05, 0) is 44.0 Å². The topological polar surface area (TPSA) is 67.4 Å². The van der Waals surface area contributed by atoms with Gasteiger partial charge in [0.05, 0.1) is 19.1 Å². The molecule has 0 radical (unpaired) electrons. The molecule has 0 unspecified atom stereocenters. The maximum atomic E-state index is 13.4. The minimum Gasteiger partial charge on any atom is -0.455 e. The summed E-state index contributed by atoms with van der Waals surface area (Å²) >= 11 is 0. The number of amides is 1. The zero-order chi connectivity index (χ0) is 21.4. The third kappa shape index (κ3) is 3.90. The van der Waals surface area contributed by atoms with Gasteiger partial charge in [0.15, 0.2) is 17.4 Å². The van der Waals surface area contributed by atoms with E-state index < -0.39 is 0 Å². The molecule has 3 aromatic rings. The van der Waals surface area contributed by atoms with Crippen molar-refractivity contribution in [1.29, 1.82) is 0 Å². The summed E-state index contributed by atoms with van der Waals surface area (Å²) in [4.78, 5) is 22.5. The molecule has 2 aromatic heterocycles. The van der Waals surface area contributed by atoms with Crippen LogP contribution in [-0.2, 0) is 13.1 Å². The summed E-state index contributed by atoms with van der Waals surface area (Å²) in [5.74, 6) is 2.96. The molecule has 7 nitrogen and oxygen atoms in total. The summed E-state index contributed by atoms with van der Waals surface area (Å²) in [5.41, 5.74) is 0.988. The first-order chi connectivity index (χ1) is 15.1. The highest BCUT2D eigenvalue weighted by atomic mass is 16.4. The first kappa shape index (κ1) is 20.0. The number of furan rings is 1. The van der Waals surface area contributed by atoms with E-state index in [0.717, 1.165) is 36.8 Å². The Balaban J connectivity index is 1.39. The predicted molar refractivity (Wildman–Crippen MR) is 117 cm³/mol. The molecule has 1 atom stereocenters. The summed E-state index contributed by atoms with van der Waals surface area (Å²) in [5, 5.41) is 4.72. The van der Waals surface area contributed by atoms with E-state index >= 15 is 0 Å². The van der Waals surface area contributed by atoms with Crippen LogP contribution < -0.4 is 0 Å². The Labute approximate surface area is 182 Å². The minimum atomic E-state index is -0.140. The Kier molecular flexibility index (Phi) is 5.36. The summed E-state index contributed by atoms with van der Waals surface area (Å²) in [6, 6.07) is 13.6. The van der Waals surface area contributed by atoms with E-state index in [1.807, 2.05) is 52.0 Å². The lowest BCUT2D eigenvalue weighted by Gasteiger charge is -2.36. The lowest BCUT2D eigenvalue weighted by Crippen LogP contribution is -2.44. The van der Waals surface area contributed by atoms with Crippen LogP contribution in [0.4, 0.5) is 0 Å². The second-order valence-corrected chi connectivity index (χ2v) is 8.82. The normalized spacial score (nSPS) is 19.2. The Bertz CT molecular complexity index is 1050. The standard InChI is InChI=1S/C24H29N5O2/c1-17(2)21-23-25-22(18-8-4-3-5-9-18)26-29(23)15-14-28(21)24(30)20-11-10-19(31-20)16-27-12-6-7-13-27/h3-5,8-11,17,21H,6-7,12-16H2,1-2H3/t21-/m0/s1. The van der Waals surface area contributed by atoms with Gasteiger partial charge in [0.25, 0.3) is 5.91 Å². The molecule has 0 aliphatic carbocycles. The quantitative estimate of drug-likeness (QED) is 0.626. The summed E-state index contributed by atoms with van der Waals surface area (Å²) in [6.07, 6.45) is 2.48. The van der Waals surface area contributed by atoms with E-state index in [4.69, 9.17) is 14.5 Å². The molecular weight excluding hydrogens is 390 g/mol. The molecule has 0 N–H and O–H groups in total. The van der Waals surface area contributed by atoms with Crippen molar-refractivity contribution in [3.63, 3.8) is 0 Å². The molecule has 0 bridgehead atoms. The third-order valence-corrected chi connectivity index (χ3v) is 6.23. The second-order valence-electron chi connectivity index (χ2n) is 8.82. The fourth-order valence-electron chi connectivity index (χ4n) is 4.69. The highest BCUT2D eigenvalue weighted by Crippen LogP contribution is 2.33. The van der Waals surface area contributed by atoms with Crippen molar-refractivity contribution in [3.8, 4) is 11.4 Å². The Morgan fingerprint density at radius 1 is 1.06 bits per heavy atom. The second kappa shape index (κ2) is 8.30. The molecule has 4 heterocycles. The molecule has 1 fully saturated rings. The van der Waals surface area contributed by atoms with Crippen molar-refractivity contribution in [1.82, 2.24) is 24.6 Å². The van der Waals surface area contributed by atoms with Gasteiger partial charge in [-0.2, -0.15) is 5.10 Å². The van der Waals surface area contributed by atoms with Crippen molar-refractivity contribution in [2.75, 3.05) is 19.6 Å². The van der Waals surface area contributed by atoms with Crippen LogP contribution in [0.5, 0.6) is 0 Å². The van der Waals surface area contributed by atoms with Gasteiger partial charge < -0.3 is 9.32 Å². The monoisotopic (exact) mass is 419 g/mol. The van der Waals surface area contributed by atoms with Crippen LogP contribution in [0.25, 0.3) is 11.4 Å². The number of likely N-dealkylation sites (tertiary alicyclic amines) is 1. The molecule has 7 heteroatoms. The molecule has 0 spiro atoms. The van der Waals surface area contributed by atoms with E-state index in [9.17, 15) is 4.79 Å². The van der Waals surface area contributed by atoms with Crippen molar-refractivity contribution in [3.05, 3.63) is 59.8 Å². The number of fused-ring (bicyclic) bond motifs is 1. The van der Waals surface area contributed by atoms with Crippen molar-refractivity contribution >= 4 is 5.91 Å². The van der Waals surface area contributed by atoms with Crippen LogP contribution in [0.1, 0.15) is 54.9 Å². The van der Waals surface area contributed by atoms with Gasteiger partial charge in [-0.3, -0.25) is 9.69 Å². The number of nitrogens with zero attached hydrogens (tertiary/aromatic N) is 5. The van der Waals surface area contributed by atoms with E-state index in [2.05, 4.69) is 18.7 Å². The lowest BCUT2D eigenvalue weighted by atomic mass is 9.99. The van der Waals surface area contributed by atoms with Crippen LogP contribution in [0.15, 0.2) is 46.9 Å². The predicted octanol–water partition coefficient (Wildman–Crippen LogP) is 3.99. The Morgan fingerprint density at radius 3 is 2.58 bits per heavy atom. The molecule has 162 valence electrons. The molecular formula is C24H29N5O2. The van der Waals surface area contributed by atoms with Gasteiger partial charge in [0, 0.05) is 12.1 Å². The van der Waals surface area contributed by atoms with Crippen molar-refractivity contribution in [2.24, 2.45) is 5.92 Å². The Hall–Kier alpha value is -2.93. The SMILES string of the molecule is CC(C)[C@H]1c2nc(-c3ccccc3)nn2CCN1C(=O)c1ccc(CN2CCCC2)o1. The molecule has 0 saturated carbocycles. The molecule has 2 aliphatic rings. The molecule has 1 amide bonds. The van der Waals surface area contributed by atoms with Gasteiger partial charge in [0.1, 0.15) is 5.76 Å². The van der Waals surface area contributed by atoms with Crippen molar-refractivity contribution < 1.29 is 9.21 Å². The maximum Gasteiger partial charge on any atom is 0.290 e. The molecule has 5 rings (SSSR count). The number of carbonyl (C=O) groups is 1. The van der Waals surface area contributed by atoms with Gasteiger partial charge in [-0.15, -0.1) is 0 Å². The van der Waals surface area contributed by atoms with Gasteiger partial charge in [-0.1, -0.05) is 44.2 Å². The smallest absolute Gasteiger partial charge is 0.290 e. The first-order valence-electron chi connectivity index (χ1n) is 11.2. The molecule has 1 saturated heterocycles. The van der Waals surface area contributed by atoms with Crippen LogP contribution in [0, 0.1) is 5.92 Å². The fourth-order valence-corrected chi connectivity index (χ4v) is 4.69. The average molecular weight is 420 g/mol. The van der Waals surface area contributed by atoms with Gasteiger partial charge in [-0.25, -0.2) is 9.67 Å². The van der Waals surface area contributed by atoms with Crippen LogP contribution >= 0.6 is 0 Å². The van der Waals surface area contributed by atoms with E-state index in [0.29, 0.717) is 24.7 Å². The first-order valence-corrected chi connectivity index (χ1v) is 11.2. The molecule has 1 aromatic carbocycles. The number of carbonyl (C=O) groups excluding carboxylic acids is 1. The van der Waals surface area contributed by atoms with Gasteiger partial charge in [0.2, 0.25) is 0 Å². The number of hydrogen-bond acceptors (Lipinski definition) is 5. The Morgan fingerprint density at radius 2 is 1.84 bits per heavy atom. The van der Waals surface area contributed by atoms with Crippen LogP contribution in [0.3, 0.4) is 0 Å². The summed E-state index contributed by atoms with van der Waals surface area (Å²) in [6.45, 7) is 8.45. The number of aromatic nitrogens is 3.